The third-order valence-electron chi connectivity index (χ3n) is 6.40. The summed E-state index contributed by atoms with van der Waals surface area (Å²) in [4.78, 5) is 61.7. The van der Waals surface area contributed by atoms with Crippen LogP contribution in [-0.2, 0) is 25.6 Å². The molecule has 5 amide bonds. The van der Waals surface area contributed by atoms with Gasteiger partial charge in [0, 0.05) is 19.0 Å². The Balaban J connectivity index is 0.00000257. The minimum Gasteiger partial charge on any atom is -0.382 e. The lowest BCUT2D eigenvalue weighted by Gasteiger charge is -2.26. The molecule has 7 N–H and O–H groups in total. The molecule has 13 nitrogen and oxygen atoms in total. The van der Waals surface area contributed by atoms with Gasteiger partial charge in [0.25, 0.3) is 5.91 Å². The zero-order valence-corrected chi connectivity index (χ0v) is 26.5. The van der Waals surface area contributed by atoms with E-state index < -0.39 is 79.8 Å². The van der Waals surface area contributed by atoms with Gasteiger partial charge < -0.3 is 32.1 Å². The van der Waals surface area contributed by atoms with Crippen LogP contribution in [0.2, 0.25) is 0 Å². The first-order chi connectivity index (χ1) is 22.7. The third-order valence-corrected chi connectivity index (χ3v) is 6.40. The molecule has 1 heterocycles. The number of amides is 5. The van der Waals surface area contributed by atoms with Crippen molar-refractivity contribution >= 4 is 29.5 Å². The molecule has 0 saturated carbocycles. The number of halogens is 3. The maximum atomic E-state index is 13.0. The Hall–Kier alpha value is -5.25. The first-order valence-corrected chi connectivity index (χ1v) is 15.1. The van der Waals surface area contributed by atoms with Crippen molar-refractivity contribution in [2.24, 2.45) is 5.73 Å². The number of para-hydroxylation sites is 1. The Labute approximate surface area is 275 Å². The molecule has 0 saturated heterocycles. The van der Waals surface area contributed by atoms with Gasteiger partial charge in [-0.2, -0.15) is 18.3 Å². The maximum absolute atomic E-state index is 13.0. The zero-order chi connectivity index (χ0) is 35.7. The summed E-state index contributed by atoms with van der Waals surface area (Å²) in [6, 6.07) is 14.4. The number of hydrogen-bond donors (Lipinski definition) is 6. The molecule has 3 rings (SSSR count). The number of nitrogens with one attached hydrogen (secondary N) is 4. The number of carbonyl (C=O) groups is 5. The molecule has 2 unspecified atom stereocenters. The highest BCUT2D eigenvalue weighted by Gasteiger charge is 2.44. The van der Waals surface area contributed by atoms with Gasteiger partial charge in [0.1, 0.15) is 6.04 Å². The number of aliphatic hydroxyl groups excluding tert-OH is 1. The molecule has 2 aromatic carbocycles. The highest BCUT2D eigenvalue weighted by Crippen LogP contribution is 2.24. The number of primary amides is 1. The Kier molecular flexibility index (Phi) is 15.8. The number of nitrogens with zero attached hydrogens (tertiary/aromatic N) is 2. The minimum atomic E-state index is -5.10. The lowest BCUT2D eigenvalue weighted by Crippen LogP contribution is -2.54. The van der Waals surface area contributed by atoms with Crippen molar-refractivity contribution in [3.05, 3.63) is 84.2 Å². The number of benzene rings is 2. The van der Waals surface area contributed by atoms with Crippen LogP contribution in [0.15, 0.2) is 73.1 Å². The Bertz CT molecular complexity index is 1490. The van der Waals surface area contributed by atoms with E-state index in [4.69, 9.17) is 5.73 Å². The number of alkyl halides is 3. The number of nitrogens with two attached hydrogens (primary N) is 1. The smallest absolute Gasteiger partial charge is 0.382 e. The Morgan fingerprint density at radius 1 is 0.896 bits per heavy atom. The second-order valence-electron chi connectivity index (χ2n) is 10.6. The summed E-state index contributed by atoms with van der Waals surface area (Å²) >= 11 is 0. The predicted octanol–water partition coefficient (Wildman–Crippen LogP) is 1.54. The van der Waals surface area contributed by atoms with E-state index in [0.717, 1.165) is 5.69 Å². The molecule has 0 aliphatic rings. The first kappa shape index (κ1) is 38.9. The second kappa shape index (κ2) is 19.4. The molecular weight excluding hydrogens is 635 g/mol. The van der Waals surface area contributed by atoms with Crippen molar-refractivity contribution < 1.29 is 42.3 Å². The summed E-state index contributed by atoms with van der Waals surface area (Å²) in [6.07, 6.45) is -5.19. The topological polar surface area (TPSA) is 198 Å². The molecule has 3 aromatic rings. The van der Waals surface area contributed by atoms with Gasteiger partial charge in [0.05, 0.1) is 36.6 Å². The van der Waals surface area contributed by atoms with Crippen LogP contribution in [0.4, 0.5) is 13.2 Å². The molecule has 0 bridgehead atoms. The van der Waals surface area contributed by atoms with Gasteiger partial charge in [-0.1, -0.05) is 68.8 Å². The largest absolute Gasteiger partial charge is 0.416 e. The van der Waals surface area contributed by atoms with E-state index in [-0.39, 0.29) is 12.0 Å². The van der Waals surface area contributed by atoms with Gasteiger partial charge in [-0.3, -0.25) is 24.0 Å². The normalized spacial score (nSPS) is 12.7. The predicted molar refractivity (Wildman–Crippen MR) is 169 cm³/mol. The van der Waals surface area contributed by atoms with Crippen LogP contribution in [0.25, 0.3) is 5.69 Å². The zero-order valence-electron chi connectivity index (χ0n) is 26.5. The maximum Gasteiger partial charge on any atom is 0.416 e. The van der Waals surface area contributed by atoms with Crippen LogP contribution < -0.4 is 27.0 Å². The molecule has 1 aromatic heterocycles. The van der Waals surface area contributed by atoms with Crippen LogP contribution in [0, 0.1) is 0 Å². The summed E-state index contributed by atoms with van der Waals surface area (Å²) in [6.45, 7) is 2.94. The SMILES string of the molecule is CCC.NC(=O)CCC(NC(=O)CNC(=O)[C@H](Cc1ccccc1)NC(=O)CNC(=O)c1cnn(-c2ccccc2)c1)C(O)C(F)(F)F. The quantitative estimate of drug-likeness (QED) is 0.140. The minimum absolute atomic E-state index is 0.0220. The van der Waals surface area contributed by atoms with E-state index in [0.29, 0.717) is 5.56 Å². The standard InChI is InChI=1S/C29H32F3N7O6.C3H8/c30-29(31,32)26(43)21(11-12-23(33)40)37-24(41)16-35-28(45)22(13-18-7-3-1-4-8-18)38-25(42)15-34-27(44)19-14-36-39(17-19)20-9-5-2-6-10-20;1-3-2/h1-10,14,17,21-22,26,43H,11-13,15-16H2,(H2,33,40)(H,34,44)(H,35,45)(H,37,41)(H,38,42);3H2,1-2H3/t21?,22-,26?;/m0./s1. The van der Waals surface area contributed by atoms with E-state index >= 15 is 0 Å². The number of aliphatic hydroxyl groups is 1. The lowest BCUT2D eigenvalue weighted by atomic mass is 10.0. The fourth-order valence-electron chi connectivity index (χ4n) is 4.11. The van der Waals surface area contributed by atoms with Crippen molar-refractivity contribution in [3.8, 4) is 5.69 Å². The van der Waals surface area contributed by atoms with Gasteiger partial charge >= 0.3 is 6.18 Å². The third kappa shape index (κ3) is 13.6. The van der Waals surface area contributed by atoms with E-state index in [9.17, 15) is 42.3 Å². The van der Waals surface area contributed by atoms with Crippen LogP contribution in [-0.4, -0.2) is 81.9 Å². The molecule has 16 heteroatoms. The van der Waals surface area contributed by atoms with E-state index in [1.807, 2.05) is 11.4 Å². The number of aromatic nitrogens is 2. The van der Waals surface area contributed by atoms with Gasteiger partial charge in [-0.25, -0.2) is 4.68 Å². The Morgan fingerprint density at radius 2 is 1.46 bits per heavy atom. The highest BCUT2D eigenvalue weighted by molar-refractivity contribution is 5.97. The van der Waals surface area contributed by atoms with Crippen molar-refractivity contribution in [3.63, 3.8) is 0 Å². The van der Waals surface area contributed by atoms with E-state index in [1.165, 1.54) is 23.5 Å². The average molecular weight is 676 g/mol. The highest BCUT2D eigenvalue weighted by atomic mass is 19.4. The second-order valence-corrected chi connectivity index (χ2v) is 10.6. The summed E-state index contributed by atoms with van der Waals surface area (Å²) in [7, 11) is 0. The number of hydrogen-bond acceptors (Lipinski definition) is 7. The number of carbonyl (C=O) groups excluding carboxylic acids is 5. The number of rotatable bonds is 15. The molecule has 0 radical (unpaired) electrons. The average Bonchev–Trinajstić information content (AvgIpc) is 3.55. The molecule has 48 heavy (non-hydrogen) atoms. The summed E-state index contributed by atoms with van der Waals surface area (Å²) in [5, 5.41) is 22.8. The van der Waals surface area contributed by atoms with Crippen molar-refractivity contribution in [1.82, 2.24) is 31.0 Å². The molecule has 260 valence electrons. The Morgan fingerprint density at radius 3 is 2.04 bits per heavy atom. The molecule has 0 spiro atoms. The first-order valence-electron chi connectivity index (χ1n) is 15.1. The molecule has 3 atom stereocenters. The summed E-state index contributed by atoms with van der Waals surface area (Å²) in [5.74, 6) is -4.20. The van der Waals surface area contributed by atoms with Gasteiger partial charge in [0.2, 0.25) is 23.6 Å². The van der Waals surface area contributed by atoms with Crippen LogP contribution >= 0.6 is 0 Å². The van der Waals surface area contributed by atoms with Gasteiger partial charge in [0.15, 0.2) is 6.10 Å². The van der Waals surface area contributed by atoms with E-state index in [1.54, 1.807) is 54.6 Å². The summed E-state index contributed by atoms with van der Waals surface area (Å²) in [5.41, 5.74) is 6.51. The van der Waals surface area contributed by atoms with Crippen LogP contribution in [0.5, 0.6) is 0 Å². The van der Waals surface area contributed by atoms with Crippen LogP contribution in [0.3, 0.4) is 0 Å². The van der Waals surface area contributed by atoms with Crippen molar-refractivity contribution in [2.75, 3.05) is 13.1 Å². The lowest BCUT2D eigenvalue weighted by molar-refractivity contribution is -0.212. The molecule has 0 fully saturated rings. The summed E-state index contributed by atoms with van der Waals surface area (Å²) < 4.78 is 40.6. The van der Waals surface area contributed by atoms with Gasteiger partial charge in [-0.15, -0.1) is 0 Å². The van der Waals surface area contributed by atoms with Crippen molar-refractivity contribution in [1.29, 1.82) is 0 Å². The molecule has 0 aliphatic heterocycles. The monoisotopic (exact) mass is 675 g/mol. The van der Waals surface area contributed by atoms with Crippen molar-refractivity contribution in [2.45, 2.75) is 63.9 Å². The molecular formula is C32H40F3N7O6. The molecule has 0 aliphatic carbocycles. The van der Waals surface area contributed by atoms with Crippen LogP contribution in [0.1, 0.15) is 49.0 Å². The van der Waals surface area contributed by atoms with E-state index in [2.05, 4.69) is 34.9 Å². The fourth-order valence-corrected chi connectivity index (χ4v) is 4.11. The fraction of sp³-hybridized carbons (Fsp3) is 0.375. The van der Waals surface area contributed by atoms with Gasteiger partial charge in [-0.05, 0) is 24.1 Å².